The molecule has 1 amide bonds. The van der Waals surface area contributed by atoms with Crippen LogP contribution in [0.25, 0.3) is 10.9 Å². The van der Waals surface area contributed by atoms with Crippen molar-refractivity contribution in [1.29, 1.82) is 0 Å². The number of aromatic nitrogens is 2. The molecule has 1 aliphatic heterocycles. The lowest BCUT2D eigenvalue weighted by molar-refractivity contribution is 0.0240. The van der Waals surface area contributed by atoms with Crippen molar-refractivity contribution in [2.45, 2.75) is 26.4 Å². The monoisotopic (exact) mass is 317 g/mol. The third-order valence-corrected chi connectivity index (χ3v) is 3.86. The number of amides is 1. The number of nitrogens with one attached hydrogen (secondary N) is 1. The maximum Gasteiger partial charge on any atom is 0.410 e. The molecule has 0 saturated carbocycles. The molecule has 2 aromatic rings. The van der Waals surface area contributed by atoms with Gasteiger partial charge in [-0.3, -0.25) is 5.10 Å². The van der Waals surface area contributed by atoms with Gasteiger partial charge in [-0.15, -0.1) is 0 Å². The molecule has 7 heteroatoms. The zero-order valence-electron chi connectivity index (χ0n) is 13.8. The lowest BCUT2D eigenvalue weighted by Gasteiger charge is -2.37. The van der Waals surface area contributed by atoms with Gasteiger partial charge in [-0.1, -0.05) is 0 Å². The van der Waals surface area contributed by atoms with Crippen molar-refractivity contribution < 1.29 is 9.53 Å². The molecule has 124 valence electrons. The van der Waals surface area contributed by atoms with E-state index in [9.17, 15) is 4.79 Å². The molecule has 0 radical (unpaired) electrons. The number of piperazine rings is 1. The molecule has 0 unspecified atom stereocenters. The molecule has 1 aliphatic rings. The third kappa shape index (κ3) is 3.33. The number of carbonyl (C=O) groups excluding carboxylic acids is 1. The molecule has 23 heavy (non-hydrogen) atoms. The van der Waals surface area contributed by atoms with Crippen LogP contribution in [0.4, 0.5) is 16.2 Å². The molecule has 7 nitrogen and oxygen atoms in total. The van der Waals surface area contributed by atoms with Crippen LogP contribution in [0.5, 0.6) is 0 Å². The van der Waals surface area contributed by atoms with Gasteiger partial charge in [-0.05, 0) is 32.9 Å². The predicted molar refractivity (Wildman–Crippen MR) is 90.5 cm³/mol. The summed E-state index contributed by atoms with van der Waals surface area (Å²) in [5.74, 6) is 0. The van der Waals surface area contributed by atoms with Gasteiger partial charge in [0.05, 0.1) is 23.1 Å². The maximum atomic E-state index is 12.1. The molecule has 0 aliphatic carbocycles. The lowest BCUT2D eigenvalue weighted by atomic mass is 10.1. The van der Waals surface area contributed by atoms with Crippen molar-refractivity contribution in [3.63, 3.8) is 0 Å². The Kier molecular flexibility index (Phi) is 3.79. The Bertz CT molecular complexity index is 711. The number of benzene rings is 1. The van der Waals surface area contributed by atoms with Crippen molar-refractivity contribution in [2.24, 2.45) is 0 Å². The first-order valence-electron chi connectivity index (χ1n) is 7.79. The van der Waals surface area contributed by atoms with E-state index in [4.69, 9.17) is 10.5 Å². The zero-order valence-corrected chi connectivity index (χ0v) is 13.8. The summed E-state index contributed by atoms with van der Waals surface area (Å²) >= 11 is 0. The number of nitrogen functional groups attached to an aromatic ring is 1. The summed E-state index contributed by atoms with van der Waals surface area (Å²) in [6.07, 6.45) is 1.50. The van der Waals surface area contributed by atoms with Gasteiger partial charge in [0.2, 0.25) is 0 Å². The highest BCUT2D eigenvalue weighted by Crippen LogP contribution is 2.29. The molecule has 0 bridgehead atoms. The number of aromatic amines is 1. The van der Waals surface area contributed by atoms with Gasteiger partial charge in [-0.25, -0.2) is 4.79 Å². The first kappa shape index (κ1) is 15.5. The van der Waals surface area contributed by atoms with Crippen LogP contribution in [-0.4, -0.2) is 53.0 Å². The van der Waals surface area contributed by atoms with Crippen molar-refractivity contribution in [3.8, 4) is 0 Å². The number of anilines is 2. The number of ether oxygens (including phenoxy) is 1. The standard InChI is InChI=1S/C16H23N5O2/c1-16(2,3)23-15(22)21-6-4-20(5-7-21)14-9-13-11(8-12(14)17)10-18-19-13/h8-10H,4-7,17H2,1-3H3,(H,18,19). The Morgan fingerprint density at radius 2 is 1.96 bits per heavy atom. The normalized spacial score (nSPS) is 16.0. The number of hydrogen-bond donors (Lipinski definition) is 2. The topological polar surface area (TPSA) is 87.5 Å². The van der Waals surface area contributed by atoms with Gasteiger partial charge < -0.3 is 20.3 Å². The third-order valence-electron chi connectivity index (χ3n) is 3.86. The highest BCUT2D eigenvalue weighted by Gasteiger charge is 2.26. The molecular weight excluding hydrogens is 294 g/mol. The summed E-state index contributed by atoms with van der Waals surface area (Å²) < 4.78 is 5.42. The zero-order chi connectivity index (χ0) is 16.6. The predicted octanol–water partition coefficient (Wildman–Crippen LogP) is 2.20. The van der Waals surface area contributed by atoms with E-state index in [1.54, 1.807) is 11.1 Å². The molecule has 3 rings (SSSR count). The molecule has 0 spiro atoms. The van der Waals surface area contributed by atoms with Crippen molar-refractivity contribution in [2.75, 3.05) is 36.8 Å². The smallest absolute Gasteiger partial charge is 0.410 e. The minimum Gasteiger partial charge on any atom is -0.444 e. The molecular formula is C16H23N5O2. The number of hydrogen-bond acceptors (Lipinski definition) is 5. The minimum atomic E-state index is -0.468. The first-order chi connectivity index (χ1) is 10.8. The van der Waals surface area contributed by atoms with Crippen molar-refractivity contribution in [3.05, 3.63) is 18.3 Å². The highest BCUT2D eigenvalue weighted by molar-refractivity contribution is 5.89. The van der Waals surface area contributed by atoms with Crippen LogP contribution in [0.2, 0.25) is 0 Å². The Balaban J connectivity index is 1.68. The van der Waals surface area contributed by atoms with E-state index in [0.29, 0.717) is 13.1 Å². The van der Waals surface area contributed by atoms with E-state index in [1.165, 1.54) is 0 Å². The van der Waals surface area contributed by atoms with E-state index in [2.05, 4.69) is 15.1 Å². The molecule has 1 fully saturated rings. The number of carbonyl (C=O) groups is 1. The lowest BCUT2D eigenvalue weighted by Crippen LogP contribution is -2.50. The Morgan fingerprint density at radius 1 is 1.26 bits per heavy atom. The van der Waals surface area contributed by atoms with Crippen LogP contribution >= 0.6 is 0 Å². The minimum absolute atomic E-state index is 0.255. The summed E-state index contributed by atoms with van der Waals surface area (Å²) in [6, 6.07) is 3.94. The fourth-order valence-electron chi connectivity index (χ4n) is 2.73. The number of rotatable bonds is 1. The van der Waals surface area contributed by atoms with Crippen LogP contribution < -0.4 is 10.6 Å². The van der Waals surface area contributed by atoms with Crippen molar-refractivity contribution in [1.82, 2.24) is 15.1 Å². The van der Waals surface area contributed by atoms with Crippen LogP contribution in [-0.2, 0) is 4.74 Å². The molecule has 0 atom stereocenters. The quantitative estimate of drug-likeness (QED) is 0.787. The number of nitrogens with zero attached hydrogens (tertiary/aromatic N) is 3. The van der Waals surface area contributed by atoms with E-state index >= 15 is 0 Å². The summed E-state index contributed by atoms with van der Waals surface area (Å²) in [7, 11) is 0. The molecule has 1 saturated heterocycles. The largest absolute Gasteiger partial charge is 0.444 e. The average Bonchev–Trinajstić information content (AvgIpc) is 2.92. The number of H-pyrrole nitrogens is 1. The fourth-order valence-corrected chi connectivity index (χ4v) is 2.73. The van der Waals surface area contributed by atoms with Gasteiger partial charge in [0.1, 0.15) is 5.60 Å². The second-order valence-corrected chi connectivity index (χ2v) is 6.82. The Morgan fingerprint density at radius 3 is 2.61 bits per heavy atom. The molecule has 1 aromatic carbocycles. The summed E-state index contributed by atoms with van der Waals surface area (Å²) in [4.78, 5) is 16.0. The van der Waals surface area contributed by atoms with Crippen LogP contribution in [0.1, 0.15) is 20.8 Å². The van der Waals surface area contributed by atoms with Gasteiger partial charge in [0, 0.05) is 31.6 Å². The van der Waals surface area contributed by atoms with Gasteiger partial charge in [0.15, 0.2) is 0 Å². The van der Waals surface area contributed by atoms with Gasteiger partial charge in [-0.2, -0.15) is 5.10 Å². The Labute approximate surface area is 135 Å². The van der Waals surface area contributed by atoms with E-state index in [0.717, 1.165) is 35.4 Å². The van der Waals surface area contributed by atoms with Gasteiger partial charge >= 0.3 is 6.09 Å². The van der Waals surface area contributed by atoms with Crippen LogP contribution in [0.3, 0.4) is 0 Å². The SMILES string of the molecule is CC(C)(C)OC(=O)N1CCN(c2cc3[nH]ncc3cc2N)CC1. The second kappa shape index (κ2) is 5.64. The van der Waals surface area contributed by atoms with Crippen LogP contribution in [0.15, 0.2) is 18.3 Å². The maximum absolute atomic E-state index is 12.1. The van der Waals surface area contributed by atoms with E-state index < -0.39 is 5.60 Å². The summed E-state index contributed by atoms with van der Waals surface area (Å²) in [5.41, 5.74) is 8.36. The first-order valence-corrected chi connectivity index (χ1v) is 7.79. The van der Waals surface area contributed by atoms with Crippen LogP contribution in [0, 0.1) is 0 Å². The summed E-state index contributed by atoms with van der Waals surface area (Å²) in [5, 5.41) is 7.99. The summed E-state index contributed by atoms with van der Waals surface area (Å²) in [6.45, 7) is 8.32. The van der Waals surface area contributed by atoms with E-state index in [-0.39, 0.29) is 6.09 Å². The average molecular weight is 317 g/mol. The number of nitrogens with two attached hydrogens (primary N) is 1. The number of fused-ring (bicyclic) bond motifs is 1. The Hall–Kier alpha value is -2.44. The second-order valence-electron chi connectivity index (χ2n) is 6.82. The molecule has 3 N–H and O–H groups in total. The molecule has 2 heterocycles. The highest BCUT2D eigenvalue weighted by atomic mass is 16.6. The van der Waals surface area contributed by atoms with Gasteiger partial charge in [0.25, 0.3) is 0 Å². The van der Waals surface area contributed by atoms with Crippen molar-refractivity contribution >= 4 is 28.4 Å². The van der Waals surface area contributed by atoms with E-state index in [1.807, 2.05) is 32.9 Å². The molecule has 1 aromatic heterocycles. The fraction of sp³-hybridized carbons (Fsp3) is 0.500.